The quantitative estimate of drug-likeness (QED) is 0.803. The number of esters is 1. The van der Waals surface area contributed by atoms with Gasteiger partial charge in [-0.1, -0.05) is 0 Å². The number of aryl methyl sites for hydroxylation is 1. The Hall–Kier alpha value is -2.11. The second kappa shape index (κ2) is 6.72. The number of amides is 1. The second-order valence-corrected chi connectivity index (χ2v) is 4.04. The fourth-order valence-electron chi connectivity index (χ4n) is 1.63. The van der Waals surface area contributed by atoms with Gasteiger partial charge in [-0.05, 0) is 26.8 Å². The van der Waals surface area contributed by atoms with Crippen molar-refractivity contribution in [3.8, 4) is 0 Å². The lowest BCUT2D eigenvalue weighted by Gasteiger charge is -2.18. The van der Waals surface area contributed by atoms with Gasteiger partial charge in [0.05, 0.1) is 23.1 Å². The lowest BCUT2D eigenvalue weighted by Crippen LogP contribution is -2.34. The zero-order chi connectivity index (χ0) is 14.4. The summed E-state index contributed by atoms with van der Waals surface area (Å²) < 4.78 is 4.98. The van der Waals surface area contributed by atoms with Gasteiger partial charge < -0.3 is 15.4 Å². The summed E-state index contributed by atoms with van der Waals surface area (Å²) >= 11 is 0. The summed E-state index contributed by atoms with van der Waals surface area (Å²) in [5.74, 6) is -0.800. The van der Waals surface area contributed by atoms with Crippen LogP contribution in [0.5, 0.6) is 0 Å². The molecule has 0 unspecified atom stereocenters. The zero-order valence-corrected chi connectivity index (χ0v) is 11.5. The van der Waals surface area contributed by atoms with E-state index in [0.717, 1.165) is 0 Å². The number of hydrogen-bond donors (Lipinski definition) is 1. The van der Waals surface area contributed by atoms with E-state index in [1.54, 1.807) is 11.8 Å². The van der Waals surface area contributed by atoms with Crippen molar-refractivity contribution in [2.24, 2.45) is 0 Å². The number of nitrogens with two attached hydrogens (primary N) is 1. The molecule has 0 aliphatic rings. The fraction of sp³-hybridized carbons (Fsp3) is 0.462. The van der Waals surface area contributed by atoms with Crippen LogP contribution in [0.25, 0.3) is 0 Å². The summed E-state index contributed by atoms with van der Waals surface area (Å²) in [5, 5.41) is 0. The molecule has 1 aromatic rings. The minimum absolute atomic E-state index is 0.215. The Labute approximate surface area is 112 Å². The third-order valence-corrected chi connectivity index (χ3v) is 2.77. The van der Waals surface area contributed by atoms with Crippen LogP contribution in [-0.2, 0) is 9.53 Å². The number of nitrogen functional groups attached to an aromatic ring is 1. The van der Waals surface area contributed by atoms with E-state index in [0.29, 0.717) is 24.5 Å². The molecule has 6 heteroatoms. The normalized spacial score (nSPS) is 10.1. The minimum Gasteiger partial charge on any atom is -0.452 e. The van der Waals surface area contributed by atoms with Crippen molar-refractivity contribution in [2.45, 2.75) is 20.8 Å². The van der Waals surface area contributed by atoms with Crippen molar-refractivity contribution in [3.63, 3.8) is 0 Å². The lowest BCUT2D eigenvalue weighted by molar-refractivity contribution is -0.134. The maximum atomic E-state index is 11.8. The molecule has 1 amide bonds. The first-order chi connectivity index (χ1) is 8.99. The highest BCUT2D eigenvalue weighted by atomic mass is 16.5. The Morgan fingerprint density at radius 3 is 2.58 bits per heavy atom. The fourth-order valence-corrected chi connectivity index (χ4v) is 1.63. The third-order valence-electron chi connectivity index (χ3n) is 2.77. The zero-order valence-electron chi connectivity index (χ0n) is 11.5. The molecule has 0 atom stereocenters. The standard InChI is InChI=1S/C13H19N3O3/c1-4-16(5-2)12(17)8-19-13(18)11-6-10(14)7-15-9(11)3/h6-7H,4-5,8,14H2,1-3H3. The first-order valence-electron chi connectivity index (χ1n) is 6.16. The van der Waals surface area contributed by atoms with Crippen LogP contribution in [0.4, 0.5) is 5.69 Å². The van der Waals surface area contributed by atoms with E-state index in [2.05, 4.69) is 4.98 Å². The van der Waals surface area contributed by atoms with Gasteiger partial charge in [-0.25, -0.2) is 4.79 Å². The van der Waals surface area contributed by atoms with E-state index >= 15 is 0 Å². The highest BCUT2D eigenvalue weighted by Crippen LogP contribution is 2.11. The molecule has 0 radical (unpaired) electrons. The summed E-state index contributed by atoms with van der Waals surface area (Å²) in [5.41, 5.74) is 6.76. The van der Waals surface area contributed by atoms with Crippen LogP contribution < -0.4 is 5.73 Å². The van der Waals surface area contributed by atoms with E-state index < -0.39 is 5.97 Å². The Bertz CT molecular complexity index is 470. The topological polar surface area (TPSA) is 85.5 Å². The van der Waals surface area contributed by atoms with E-state index in [4.69, 9.17) is 10.5 Å². The molecule has 0 aromatic carbocycles. The maximum Gasteiger partial charge on any atom is 0.340 e. The van der Waals surface area contributed by atoms with Gasteiger partial charge in [0.2, 0.25) is 0 Å². The molecule has 0 spiro atoms. The number of carbonyl (C=O) groups excluding carboxylic acids is 2. The SMILES string of the molecule is CCN(CC)C(=O)COC(=O)c1cc(N)cnc1C. The molecule has 0 saturated carbocycles. The van der Waals surface area contributed by atoms with Crippen LogP contribution in [0, 0.1) is 6.92 Å². The molecule has 0 fully saturated rings. The Morgan fingerprint density at radius 2 is 2.00 bits per heavy atom. The summed E-state index contributed by atoms with van der Waals surface area (Å²) in [7, 11) is 0. The van der Waals surface area contributed by atoms with Crippen molar-refractivity contribution in [1.82, 2.24) is 9.88 Å². The first-order valence-corrected chi connectivity index (χ1v) is 6.16. The second-order valence-electron chi connectivity index (χ2n) is 4.04. The molecule has 0 saturated heterocycles. The van der Waals surface area contributed by atoms with Crippen molar-refractivity contribution < 1.29 is 14.3 Å². The van der Waals surface area contributed by atoms with E-state index in [9.17, 15) is 9.59 Å². The Balaban J connectivity index is 2.65. The number of carbonyl (C=O) groups is 2. The van der Waals surface area contributed by atoms with Crippen molar-refractivity contribution in [1.29, 1.82) is 0 Å². The molecule has 6 nitrogen and oxygen atoms in total. The maximum absolute atomic E-state index is 11.8. The number of aromatic nitrogens is 1. The average molecular weight is 265 g/mol. The van der Waals surface area contributed by atoms with Gasteiger partial charge in [0, 0.05) is 13.1 Å². The van der Waals surface area contributed by atoms with Crippen molar-refractivity contribution in [2.75, 3.05) is 25.4 Å². The van der Waals surface area contributed by atoms with E-state index in [1.165, 1.54) is 12.3 Å². The van der Waals surface area contributed by atoms with Gasteiger partial charge in [0.15, 0.2) is 6.61 Å². The Kier molecular flexibility index (Phi) is 5.29. The monoisotopic (exact) mass is 265 g/mol. The summed E-state index contributed by atoms with van der Waals surface area (Å²) in [6, 6.07) is 1.49. The van der Waals surface area contributed by atoms with Crippen LogP contribution in [0.1, 0.15) is 29.9 Å². The van der Waals surface area contributed by atoms with Crippen LogP contribution in [0.15, 0.2) is 12.3 Å². The average Bonchev–Trinajstić information content (AvgIpc) is 2.40. The molecule has 104 valence electrons. The Morgan fingerprint density at radius 1 is 1.37 bits per heavy atom. The number of ether oxygens (including phenoxy) is 1. The summed E-state index contributed by atoms with van der Waals surface area (Å²) in [6.45, 7) is 6.33. The molecular weight excluding hydrogens is 246 g/mol. The van der Waals surface area contributed by atoms with Crippen LogP contribution in [0.3, 0.4) is 0 Å². The minimum atomic E-state index is -0.585. The van der Waals surface area contributed by atoms with Gasteiger partial charge in [-0.3, -0.25) is 9.78 Å². The number of pyridine rings is 1. The predicted octanol–water partition coefficient (Wildman–Crippen LogP) is 0.997. The number of likely N-dealkylation sites (N-methyl/N-ethyl adjacent to an activating group) is 1. The molecule has 2 N–H and O–H groups in total. The number of rotatable bonds is 5. The smallest absolute Gasteiger partial charge is 0.340 e. The highest BCUT2D eigenvalue weighted by Gasteiger charge is 2.16. The molecule has 1 heterocycles. The van der Waals surface area contributed by atoms with Gasteiger partial charge in [-0.2, -0.15) is 0 Å². The predicted molar refractivity (Wildman–Crippen MR) is 71.6 cm³/mol. The highest BCUT2D eigenvalue weighted by molar-refractivity contribution is 5.93. The number of anilines is 1. The molecule has 1 aromatic heterocycles. The largest absolute Gasteiger partial charge is 0.452 e. The molecular formula is C13H19N3O3. The molecule has 1 rings (SSSR count). The van der Waals surface area contributed by atoms with Gasteiger partial charge in [-0.15, -0.1) is 0 Å². The lowest BCUT2D eigenvalue weighted by atomic mass is 10.2. The van der Waals surface area contributed by atoms with Crippen LogP contribution >= 0.6 is 0 Å². The van der Waals surface area contributed by atoms with E-state index in [-0.39, 0.29) is 18.1 Å². The molecule has 0 aliphatic heterocycles. The van der Waals surface area contributed by atoms with E-state index in [1.807, 2.05) is 13.8 Å². The first kappa shape index (κ1) is 14.9. The summed E-state index contributed by atoms with van der Waals surface area (Å²) in [4.78, 5) is 29.1. The molecule has 0 aliphatic carbocycles. The van der Waals surface area contributed by atoms with Crippen LogP contribution in [0.2, 0.25) is 0 Å². The van der Waals surface area contributed by atoms with Crippen molar-refractivity contribution in [3.05, 3.63) is 23.5 Å². The van der Waals surface area contributed by atoms with Crippen molar-refractivity contribution >= 4 is 17.6 Å². The third kappa shape index (κ3) is 3.94. The van der Waals surface area contributed by atoms with Crippen LogP contribution in [-0.4, -0.2) is 41.5 Å². The number of nitrogens with zero attached hydrogens (tertiary/aromatic N) is 2. The van der Waals surface area contributed by atoms with Gasteiger partial charge in [0.1, 0.15) is 0 Å². The van der Waals surface area contributed by atoms with Gasteiger partial charge >= 0.3 is 5.97 Å². The van der Waals surface area contributed by atoms with Gasteiger partial charge in [0.25, 0.3) is 5.91 Å². The molecule has 19 heavy (non-hydrogen) atoms. The summed E-state index contributed by atoms with van der Waals surface area (Å²) in [6.07, 6.45) is 1.47. The number of hydrogen-bond acceptors (Lipinski definition) is 5. The molecule has 0 bridgehead atoms.